The minimum Gasteiger partial charge on any atom is -0.480 e. The number of amides is 1. The van der Waals surface area contributed by atoms with E-state index in [9.17, 15) is 19.5 Å². The van der Waals surface area contributed by atoms with E-state index in [1.807, 2.05) is 25.1 Å². The molecule has 1 amide bonds. The van der Waals surface area contributed by atoms with Crippen molar-refractivity contribution in [2.45, 2.75) is 32.4 Å². The summed E-state index contributed by atoms with van der Waals surface area (Å²) in [7, 11) is 1.66. The first-order chi connectivity index (χ1) is 11.4. The van der Waals surface area contributed by atoms with E-state index in [0.717, 1.165) is 11.9 Å². The van der Waals surface area contributed by atoms with Gasteiger partial charge in [0, 0.05) is 13.6 Å². The van der Waals surface area contributed by atoms with Crippen LogP contribution in [0.4, 0.5) is 0 Å². The molecule has 7 nitrogen and oxygen atoms in total. The minimum atomic E-state index is -0.986. The predicted molar refractivity (Wildman–Crippen MR) is 88.7 cm³/mol. The molecule has 1 N–H and O–H groups in total. The highest BCUT2D eigenvalue weighted by atomic mass is 16.4. The van der Waals surface area contributed by atoms with Gasteiger partial charge in [-0.25, -0.2) is 9.59 Å². The summed E-state index contributed by atoms with van der Waals surface area (Å²) in [5.41, 5.74) is 1.15. The van der Waals surface area contributed by atoms with Gasteiger partial charge in [0.05, 0.1) is 11.0 Å². The number of aromatic nitrogens is 2. The van der Waals surface area contributed by atoms with E-state index in [2.05, 4.69) is 0 Å². The fourth-order valence-corrected chi connectivity index (χ4v) is 3.42. The van der Waals surface area contributed by atoms with Crippen molar-refractivity contribution >= 4 is 22.9 Å². The number of piperidine rings is 1. The smallest absolute Gasteiger partial charge is 0.329 e. The lowest BCUT2D eigenvalue weighted by Gasteiger charge is -2.36. The first-order valence-electron chi connectivity index (χ1n) is 8.06. The number of benzene rings is 1. The number of imidazole rings is 1. The van der Waals surface area contributed by atoms with Crippen LogP contribution in [0.25, 0.3) is 11.0 Å². The maximum Gasteiger partial charge on any atom is 0.329 e. The Bertz CT molecular complexity index is 851. The molecule has 2 atom stereocenters. The maximum absolute atomic E-state index is 12.7. The van der Waals surface area contributed by atoms with Crippen molar-refractivity contribution in [2.24, 2.45) is 13.0 Å². The molecular formula is C17H21N3O4. The van der Waals surface area contributed by atoms with E-state index in [1.165, 1.54) is 14.0 Å². The molecule has 0 aliphatic carbocycles. The number of rotatable bonds is 3. The second kappa shape index (κ2) is 6.14. The Labute approximate surface area is 139 Å². The van der Waals surface area contributed by atoms with Crippen LogP contribution in [0, 0.1) is 5.92 Å². The minimum absolute atomic E-state index is 0.141. The molecule has 0 bridgehead atoms. The van der Waals surface area contributed by atoms with Crippen LogP contribution in [0.3, 0.4) is 0 Å². The molecule has 128 valence electrons. The van der Waals surface area contributed by atoms with E-state index in [1.54, 1.807) is 13.1 Å². The molecule has 1 aromatic heterocycles. The first kappa shape index (κ1) is 16.3. The number of likely N-dealkylation sites (tertiary alicyclic amines) is 1. The molecule has 0 saturated carbocycles. The zero-order valence-corrected chi connectivity index (χ0v) is 13.8. The number of hydrogen-bond acceptors (Lipinski definition) is 3. The van der Waals surface area contributed by atoms with Crippen molar-refractivity contribution in [3.05, 3.63) is 34.7 Å². The lowest BCUT2D eigenvalue weighted by atomic mass is 9.92. The van der Waals surface area contributed by atoms with E-state index in [0.29, 0.717) is 18.5 Å². The Morgan fingerprint density at radius 2 is 1.92 bits per heavy atom. The van der Waals surface area contributed by atoms with Crippen molar-refractivity contribution in [1.82, 2.24) is 14.0 Å². The molecule has 1 aliphatic rings. The average molecular weight is 331 g/mol. The van der Waals surface area contributed by atoms with Crippen molar-refractivity contribution < 1.29 is 14.7 Å². The monoisotopic (exact) mass is 331 g/mol. The molecule has 1 aliphatic heterocycles. The van der Waals surface area contributed by atoms with Crippen LogP contribution < -0.4 is 5.69 Å². The average Bonchev–Trinajstić information content (AvgIpc) is 2.80. The number of carbonyl (C=O) groups excluding carboxylic acids is 1. The number of hydrogen-bond donors (Lipinski definition) is 1. The number of aryl methyl sites for hydroxylation is 1. The summed E-state index contributed by atoms with van der Waals surface area (Å²) in [5, 5.41) is 9.41. The molecule has 3 rings (SSSR count). The molecule has 7 heteroatoms. The molecule has 2 heterocycles. The molecule has 0 spiro atoms. The van der Waals surface area contributed by atoms with Crippen LogP contribution in [-0.4, -0.2) is 43.6 Å². The third-order valence-corrected chi connectivity index (χ3v) is 4.82. The number of aliphatic carboxylic acids is 1. The van der Waals surface area contributed by atoms with Crippen molar-refractivity contribution in [1.29, 1.82) is 0 Å². The van der Waals surface area contributed by atoms with Crippen LogP contribution in [0.5, 0.6) is 0 Å². The number of carboxylic acid groups (broad SMARTS) is 1. The van der Waals surface area contributed by atoms with Gasteiger partial charge in [-0.2, -0.15) is 0 Å². The van der Waals surface area contributed by atoms with E-state index in [4.69, 9.17) is 0 Å². The Balaban J connectivity index is 1.91. The highest BCUT2D eigenvalue weighted by Crippen LogP contribution is 2.23. The van der Waals surface area contributed by atoms with Gasteiger partial charge in [-0.1, -0.05) is 19.1 Å². The Morgan fingerprint density at radius 3 is 2.58 bits per heavy atom. The summed E-state index contributed by atoms with van der Waals surface area (Å²) in [6, 6.07) is 6.44. The summed E-state index contributed by atoms with van der Waals surface area (Å²) >= 11 is 0. The number of carbonyl (C=O) groups is 2. The fraction of sp³-hybridized carbons (Fsp3) is 0.471. The highest BCUT2D eigenvalue weighted by molar-refractivity contribution is 5.85. The van der Waals surface area contributed by atoms with Crippen LogP contribution in [0.1, 0.15) is 19.8 Å². The van der Waals surface area contributed by atoms with Gasteiger partial charge in [0.25, 0.3) is 0 Å². The summed E-state index contributed by atoms with van der Waals surface area (Å²) in [6.07, 6.45) is 1.23. The van der Waals surface area contributed by atoms with Gasteiger partial charge in [0.15, 0.2) is 0 Å². The third kappa shape index (κ3) is 2.70. The number of carboxylic acids is 1. The zero-order valence-electron chi connectivity index (χ0n) is 13.8. The van der Waals surface area contributed by atoms with Gasteiger partial charge in [-0.05, 0) is 30.9 Å². The van der Waals surface area contributed by atoms with Crippen LogP contribution in [-0.2, 0) is 23.2 Å². The lowest BCUT2D eigenvalue weighted by molar-refractivity contribution is -0.153. The van der Waals surface area contributed by atoms with Gasteiger partial charge < -0.3 is 10.0 Å². The van der Waals surface area contributed by atoms with E-state index in [-0.39, 0.29) is 24.1 Å². The van der Waals surface area contributed by atoms with Crippen molar-refractivity contribution in [3.8, 4) is 0 Å². The highest BCUT2D eigenvalue weighted by Gasteiger charge is 2.35. The van der Waals surface area contributed by atoms with Gasteiger partial charge in [-0.15, -0.1) is 0 Å². The number of fused-ring (bicyclic) bond motifs is 1. The molecule has 2 aromatic rings. The quantitative estimate of drug-likeness (QED) is 0.911. The van der Waals surface area contributed by atoms with Crippen LogP contribution in [0.15, 0.2) is 29.1 Å². The third-order valence-electron chi connectivity index (χ3n) is 4.82. The summed E-state index contributed by atoms with van der Waals surface area (Å²) in [4.78, 5) is 38.0. The zero-order chi connectivity index (χ0) is 17.4. The van der Waals surface area contributed by atoms with Gasteiger partial charge >= 0.3 is 11.7 Å². The van der Waals surface area contributed by atoms with E-state index >= 15 is 0 Å². The van der Waals surface area contributed by atoms with Crippen molar-refractivity contribution in [2.75, 3.05) is 6.54 Å². The first-order valence-corrected chi connectivity index (χ1v) is 8.06. The molecule has 1 saturated heterocycles. The van der Waals surface area contributed by atoms with Gasteiger partial charge in [0.2, 0.25) is 5.91 Å². The van der Waals surface area contributed by atoms with Crippen LogP contribution >= 0.6 is 0 Å². The number of para-hydroxylation sites is 2. The molecule has 0 radical (unpaired) electrons. The van der Waals surface area contributed by atoms with Crippen LogP contribution in [0.2, 0.25) is 0 Å². The molecule has 1 fully saturated rings. The van der Waals surface area contributed by atoms with Gasteiger partial charge in [-0.3, -0.25) is 13.9 Å². The summed E-state index contributed by atoms with van der Waals surface area (Å²) in [6.45, 7) is 2.27. The molecule has 24 heavy (non-hydrogen) atoms. The number of nitrogens with zero attached hydrogens (tertiary/aromatic N) is 3. The second-order valence-electron chi connectivity index (χ2n) is 6.49. The fourth-order valence-electron chi connectivity index (χ4n) is 3.42. The lowest BCUT2D eigenvalue weighted by Crippen LogP contribution is -2.51. The summed E-state index contributed by atoms with van der Waals surface area (Å²) in [5.74, 6) is -1.04. The Kier molecular flexibility index (Phi) is 4.17. The maximum atomic E-state index is 12.7. The Hall–Kier alpha value is -2.57. The predicted octanol–water partition coefficient (Wildman–Crippen LogP) is 1.05. The van der Waals surface area contributed by atoms with Gasteiger partial charge in [0.1, 0.15) is 12.6 Å². The standard InChI is InChI=1S/C17H21N3O4/c1-11-7-8-19(14(9-11)16(22)23)15(21)10-20-13-6-4-3-5-12(13)18(2)17(20)24/h3-6,11,14H,7-10H2,1-2H3,(H,22,23). The van der Waals surface area contributed by atoms with E-state index < -0.39 is 12.0 Å². The topological polar surface area (TPSA) is 84.5 Å². The Morgan fingerprint density at radius 1 is 1.25 bits per heavy atom. The largest absolute Gasteiger partial charge is 0.480 e. The summed E-state index contributed by atoms with van der Waals surface area (Å²) < 4.78 is 2.91. The molecular weight excluding hydrogens is 310 g/mol. The molecule has 2 unspecified atom stereocenters. The second-order valence-corrected chi connectivity index (χ2v) is 6.49. The normalized spacial score (nSPS) is 21.2. The molecule has 1 aromatic carbocycles. The SMILES string of the molecule is CC1CCN(C(=O)Cn2c(=O)n(C)c3ccccc32)C(C(=O)O)C1. The van der Waals surface area contributed by atoms with Crippen molar-refractivity contribution in [3.63, 3.8) is 0 Å².